The molecule has 5 heteroatoms. The Morgan fingerprint density at radius 3 is 2.84 bits per heavy atom. The summed E-state index contributed by atoms with van der Waals surface area (Å²) in [5.41, 5.74) is 4.39. The number of rotatable bonds is 3. The number of hydrogen-bond donors (Lipinski definition) is 1. The molecule has 0 saturated heterocycles. The van der Waals surface area contributed by atoms with Gasteiger partial charge in [-0.25, -0.2) is 4.98 Å². The van der Waals surface area contributed by atoms with E-state index in [4.69, 9.17) is 4.98 Å². The van der Waals surface area contributed by atoms with Crippen LogP contribution in [0.2, 0.25) is 0 Å². The van der Waals surface area contributed by atoms with Gasteiger partial charge in [0.05, 0.1) is 5.69 Å². The molecule has 0 aliphatic carbocycles. The predicted molar refractivity (Wildman–Crippen MR) is 99.7 cm³/mol. The molecule has 130 valence electrons. The highest BCUT2D eigenvalue weighted by Gasteiger charge is 2.22. The fourth-order valence-corrected chi connectivity index (χ4v) is 3.65. The first kappa shape index (κ1) is 16.1. The Labute approximate surface area is 147 Å². The molecule has 2 aromatic heterocycles. The number of fused-ring (bicyclic) bond motifs is 2. The van der Waals surface area contributed by atoms with Gasteiger partial charge in [-0.2, -0.15) is 0 Å². The van der Waals surface area contributed by atoms with Crippen LogP contribution < -0.4 is 5.56 Å². The number of aryl methyl sites for hydroxylation is 1. The van der Waals surface area contributed by atoms with Crippen molar-refractivity contribution < 1.29 is 0 Å². The van der Waals surface area contributed by atoms with Gasteiger partial charge in [0, 0.05) is 49.4 Å². The molecular formula is C20H24N4O. The first-order chi connectivity index (χ1) is 12.0. The van der Waals surface area contributed by atoms with E-state index in [9.17, 15) is 4.79 Å². The van der Waals surface area contributed by atoms with E-state index in [1.165, 1.54) is 16.6 Å². The van der Waals surface area contributed by atoms with Crippen molar-refractivity contribution in [1.82, 2.24) is 19.4 Å². The van der Waals surface area contributed by atoms with E-state index >= 15 is 0 Å². The number of hydrogen-bond acceptors (Lipinski definition) is 3. The van der Waals surface area contributed by atoms with Crippen molar-refractivity contribution >= 4 is 10.9 Å². The third kappa shape index (κ3) is 2.89. The number of nitrogens with one attached hydrogen (secondary N) is 1. The van der Waals surface area contributed by atoms with Gasteiger partial charge in [-0.05, 0) is 23.9 Å². The molecule has 3 aromatic rings. The summed E-state index contributed by atoms with van der Waals surface area (Å²) in [6, 6.07) is 10.7. The van der Waals surface area contributed by atoms with Crippen LogP contribution in [-0.2, 0) is 26.6 Å². The molecule has 0 atom stereocenters. The number of H-pyrrole nitrogens is 1. The molecule has 25 heavy (non-hydrogen) atoms. The molecule has 1 aliphatic heterocycles. The predicted octanol–water partition coefficient (Wildman–Crippen LogP) is 2.94. The second-order valence-corrected chi connectivity index (χ2v) is 7.25. The summed E-state index contributed by atoms with van der Waals surface area (Å²) in [5, 5.41) is 1.27. The van der Waals surface area contributed by atoms with E-state index in [2.05, 4.69) is 65.7 Å². The lowest BCUT2D eigenvalue weighted by atomic mass is 10.1. The van der Waals surface area contributed by atoms with Gasteiger partial charge >= 0.3 is 0 Å². The molecule has 0 radical (unpaired) electrons. The van der Waals surface area contributed by atoms with Crippen LogP contribution in [0, 0.1) is 0 Å². The van der Waals surface area contributed by atoms with Crippen LogP contribution >= 0.6 is 0 Å². The van der Waals surface area contributed by atoms with Gasteiger partial charge in [-0.1, -0.05) is 32.0 Å². The molecule has 0 bridgehead atoms. The lowest BCUT2D eigenvalue weighted by Gasteiger charge is -2.28. The minimum atomic E-state index is 0.0398. The Morgan fingerprint density at radius 1 is 1.28 bits per heavy atom. The summed E-state index contributed by atoms with van der Waals surface area (Å²) in [4.78, 5) is 22.4. The van der Waals surface area contributed by atoms with E-state index in [0.717, 1.165) is 43.1 Å². The van der Waals surface area contributed by atoms with E-state index < -0.39 is 0 Å². The van der Waals surface area contributed by atoms with Crippen LogP contribution in [0.4, 0.5) is 0 Å². The smallest absolute Gasteiger partial charge is 0.254 e. The van der Waals surface area contributed by atoms with Crippen LogP contribution in [0.15, 0.2) is 35.1 Å². The minimum Gasteiger partial charge on any atom is -0.346 e. The molecule has 4 rings (SSSR count). The maximum absolute atomic E-state index is 12.3. The van der Waals surface area contributed by atoms with Crippen molar-refractivity contribution in [2.75, 3.05) is 6.54 Å². The molecule has 0 amide bonds. The van der Waals surface area contributed by atoms with Crippen LogP contribution in [0.1, 0.15) is 42.5 Å². The molecule has 1 N–H and O–H groups in total. The van der Waals surface area contributed by atoms with Gasteiger partial charge in [-0.3, -0.25) is 9.69 Å². The van der Waals surface area contributed by atoms with Crippen molar-refractivity contribution in [1.29, 1.82) is 0 Å². The van der Waals surface area contributed by atoms with Crippen LogP contribution in [0.5, 0.6) is 0 Å². The Kier molecular flexibility index (Phi) is 3.96. The number of aromatic nitrogens is 3. The molecule has 1 aliphatic rings. The fraction of sp³-hybridized carbons (Fsp3) is 0.400. The Morgan fingerprint density at radius 2 is 2.08 bits per heavy atom. The Bertz CT molecular complexity index is 983. The summed E-state index contributed by atoms with van der Waals surface area (Å²) < 4.78 is 2.26. The average molecular weight is 336 g/mol. The molecule has 3 heterocycles. The minimum absolute atomic E-state index is 0.0398. The molecular weight excluding hydrogens is 312 g/mol. The van der Waals surface area contributed by atoms with Gasteiger partial charge in [0.1, 0.15) is 5.82 Å². The van der Waals surface area contributed by atoms with Gasteiger partial charge in [-0.15, -0.1) is 0 Å². The van der Waals surface area contributed by atoms with Crippen LogP contribution in [0.25, 0.3) is 10.9 Å². The molecule has 0 unspecified atom stereocenters. The van der Waals surface area contributed by atoms with Crippen molar-refractivity contribution in [3.8, 4) is 0 Å². The number of aromatic amines is 1. The van der Waals surface area contributed by atoms with Gasteiger partial charge in [0.25, 0.3) is 5.56 Å². The van der Waals surface area contributed by atoms with Crippen LogP contribution in [0.3, 0.4) is 0 Å². The second-order valence-electron chi connectivity index (χ2n) is 7.25. The molecule has 0 saturated carbocycles. The maximum atomic E-state index is 12.3. The third-order valence-electron chi connectivity index (χ3n) is 5.15. The summed E-state index contributed by atoms with van der Waals surface area (Å²) >= 11 is 0. The van der Waals surface area contributed by atoms with Crippen molar-refractivity contribution in [2.24, 2.45) is 7.05 Å². The summed E-state index contributed by atoms with van der Waals surface area (Å²) in [5.74, 6) is 1.02. The van der Waals surface area contributed by atoms with E-state index in [1.807, 2.05) is 0 Å². The molecule has 5 nitrogen and oxygen atoms in total. The SMILES string of the molecule is CC(C)c1nc2c(c(=O)[nH]1)CCN(Cc1cc3ccccc3n1C)C2. The number of para-hydroxylation sites is 1. The normalized spacial score (nSPS) is 15.0. The highest BCUT2D eigenvalue weighted by atomic mass is 16.1. The van der Waals surface area contributed by atoms with E-state index in [1.54, 1.807) is 0 Å². The van der Waals surface area contributed by atoms with Gasteiger partial charge in [0.15, 0.2) is 0 Å². The van der Waals surface area contributed by atoms with Crippen molar-refractivity contribution in [3.05, 3.63) is 63.5 Å². The van der Waals surface area contributed by atoms with Gasteiger partial charge < -0.3 is 9.55 Å². The van der Waals surface area contributed by atoms with E-state index in [0.29, 0.717) is 0 Å². The topological polar surface area (TPSA) is 53.9 Å². The lowest BCUT2D eigenvalue weighted by Crippen LogP contribution is -2.35. The fourth-order valence-electron chi connectivity index (χ4n) is 3.65. The average Bonchev–Trinajstić information content (AvgIpc) is 2.91. The van der Waals surface area contributed by atoms with Crippen LogP contribution in [-0.4, -0.2) is 26.0 Å². The summed E-state index contributed by atoms with van der Waals surface area (Å²) in [6.45, 7) is 6.61. The van der Waals surface area contributed by atoms with Crippen molar-refractivity contribution in [3.63, 3.8) is 0 Å². The maximum Gasteiger partial charge on any atom is 0.254 e. The standard InChI is InChI=1S/C20H24N4O/c1-13(2)19-21-17-12-24(9-8-16(17)20(25)22-19)11-15-10-14-6-4-5-7-18(14)23(15)3/h4-7,10,13H,8-9,11-12H2,1-3H3,(H,21,22,25). The zero-order chi connectivity index (χ0) is 17.6. The Balaban J connectivity index is 1.61. The first-order valence-corrected chi connectivity index (χ1v) is 8.90. The quantitative estimate of drug-likeness (QED) is 0.800. The number of nitrogens with zero attached hydrogens (tertiary/aromatic N) is 3. The third-order valence-corrected chi connectivity index (χ3v) is 5.15. The lowest BCUT2D eigenvalue weighted by molar-refractivity contribution is 0.235. The Hall–Kier alpha value is -2.40. The van der Waals surface area contributed by atoms with Gasteiger partial charge in [0.2, 0.25) is 0 Å². The zero-order valence-corrected chi connectivity index (χ0v) is 15.0. The number of benzene rings is 1. The molecule has 0 spiro atoms. The highest BCUT2D eigenvalue weighted by molar-refractivity contribution is 5.81. The van der Waals surface area contributed by atoms with Crippen molar-refractivity contribution in [2.45, 2.75) is 39.3 Å². The summed E-state index contributed by atoms with van der Waals surface area (Å²) in [6.07, 6.45) is 0.764. The van der Waals surface area contributed by atoms with E-state index in [-0.39, 0.29) is 11.5 Å². The first-order valence-electron chi connectivity index (χ1n) is 8.90. The summed E-state index contributed by atoms with van der Waals surface area (Å²) in [7, 11) is 2.12. The molecule has 1 aromatic carbocycles. The largest absolute Gasteiger partial charge is 0.346 e. The zero-order valence-electron chi connectivity index (χ0n) is 15.0. The highest BCUT2D eigenvalue weighted by Crippen LogP contribution is 2.22. The monoisotopic (exact) mass is 336 g/mol. The second kappa shape index (κ2) is 6.15. The molecule has 0 fully saturated rings.